The molecular weight excluding hydrogens is 308 g/mol. The van der Waals surface area contributed by atoms with E-state index >= 15 is 0 Å². The van der Waals surface area contributed by atoms with Gasteiger partial charge in [0.25, 0.3) is 0 Å². The largest absolute Gasteiger partial charge is 0.497 e. The number of nitrogens with zero attached hydrogens (tertiary/aromatic N) is 2. The van der Waals surface area contributed by atoms with Gasteiger partial charge in [-0.15, -0.1) is 0 Å². The van der Waals surface area contributed by atoms with Crippen LogP contribution in [0.5, 0.6) is 5.75 Å². The van der Waals surface area contributed by atoms with Crippen LogP contribution in [0.1, 0.15) is 34.6 Å². The maximum atomic E-state index is 12.5. The molecule has 0 unspecified atom stereocenters. The second kappa shape index (κ2) is 6.81. The Morgan fingerprint density at radius 2 is 1.96 bits per heavy atom. The summed E-state index contributed by atoms with van der Waals surface area (Å²) in [6.45, 7) is 9.60. The lowest BCUT2D eigenvalue weighted by atomic mass is 10.2. The Morgan fingerprint density at radius 3 is 2.50 bits per heavy atom. The lowest BCUT2D eigenvalue weighted by Gasteiger charge is -2.34. The molecular formula is C18H26N2O4. The third kappa shape index (κ3) is 4.47. The number of aliphatic imine (C=N–C) groups is 1. The van der Waals surface area contributed by atoms with Crippen LogP contribution >= 0.6 is 0 Å². The first-order valence-electron chi connectivity index (χ1n) is 7.97. The van der Waals surface area contributed by atoms with E-state index in [9.17, 15) is 4.79 Å². The van der Waals surface area contributed by atoms with E-state index in [2.05, 4.69) is 4.99 Å². The predicted octanol–water partition coefficient (Wildman–Crippen LogP) is 3.77. The van der Waals surface area contributed by atoms with Crippen LogP contribution in [-0.4, -0.2) is 48.3 Å². The highest BCUT2D eigenvalue weighted by Gasteiger charge is 2.45. The molecule has 1 aromatic rings. The van der Waals surface area contributed by atoms with Crippen LogP contribution in [0.2, 0.25) is 0 Å². The van der Waals surface area contributed by atoms with Crippen molar-refractivity contribution >= 4 is 18.0 Å². The first-order valence-corrected chi connectivity index (χ1v) is 7.97. The molecule has 1 aromatic carbocycles. The SMILES string of the molecule is COc1ccc(N=C[C@H]2COC(C)(C)N2C(=O)OC(C)(C)C)cc1. The summed E-state index contributed by atoms with van der Waals surface area (Å²) in [4.78, 5) is 18.6. The van der Waals surface area contributed by atoms with Crippen molar-refractivity contribution in [2.45, 2.75) is 52.0 Å². The fourth-order valence-corrected chi connectivity index (χ4v) is 2.45. The predicted molar refractivity (Wildman–Crippen MR) is 93.0 cm³/mol. The normalized spacial score (nSPS) is 20.4. The summed E-state index contributed by atoms with van der Waals surface area (Å²) in [6, 6.07) is 7.11. The molecule has 132 valence electrons. The highest BCUT2D eigenvalue weighted by molar-refractivity contribution is 5.78. The van der Waals surface area contributed by atoms with E-state index in [4.69, 9.17) is 14.2 Å². The van der Waals surface area contributed by atoms with Gasteiger partial charge in [0.05, 0.1) is 25.4 Å². The van der Waals surface area contributed by atoms with Gasteiger partial charge in [-0.25, -0.2) is 4.79 Å². The van der Waals surface area contributed by atoms with Gasteiger partial charge in [0, 0.05) is 6.21 Å². The van der Waals surface area contributed by atoms with Crippen molar-refractivity contribution in [3.63, 3.8) is 0 Å². The van der Waals surface area contributed by atoms with E-state index in [0.717, 1.165) is 11.4 Å². The fraction of sp³-hybridized carbons (Fsp3) is 0.556. The van der Waals surface area contributed by atoms with Crippen molar-refractivity contribution in [2.75, 3.05) is 13.7 Å². The molecule has 6 heteroatoms. The maximum absolute atomic E-state index is 12.5. The van der Waals surface area contributed by atoms with E-state index in [-0.39, 0.29) is 6.04 Å². The Kier molecular flexibility index (Phi) is 5.18. The molecule has 0 aromatic heterocycles. The van der Waals surface area contributed by atoms with Gasteiger partial charge in [-0.05, 0) is 58.9 Å². The molecule has 1 atom stereocenters. The van der Waals surface area contributed by atoms with E-state index in [1.807, 2.05) is 58.9 Å². The summed E-state index contributed by atoms with van der Waals surface area (Å²) in [5, 5.41) is 0. The van der Waals surface area contributed by atoms with Gasteiger partial charge in [0.15, 0.2) is 0 Å². The minimum Gasteiger partial charge on any atom is -0.497 e. The number of amides is 1. The molecule has 1 fully saturated rings. The average Bonchev–Trinajstić information content (AvgIpc) is 2.78. The topological polar surface area (TPSA) is 60.4 Å². The Labute approximate surface area is 143 Å². The van der Waals surface area contributed by atoms with E-state index < -0.39 is 17.4 Å². The molecule has 0 radical (unpaired) electrons. The van der Waals surface area contributed by atoms with Crippen LogP contribution in [0.15, 0.2) is 29.3 Å². The van der Waals surface area contributed by atoms with Crippen molar-refractivity contribution in [3.05, 3.63) is 24.3 Å². The Bertz CT molecular complexity index is 602. The molecule has 0 bridgehead atoms. The Hall–Kier alpha value is -2.08. The maximum Gasteiger partial charge on any atom is 0.413 e. The minimum absolute atomic E-state index is 0.281. The van der Waals surface area contributed by atoms with Gasteiger partial charge in [0.1, 0.15) is 17.1 Å². The Morgan fingerprint density at radius 1 is 1.33 bits per heavy atom. The molecule has 2 rings (SSSR count). The number of hydrogen-bond acceptors (Lipinski definition) is 5. The van der Waals surface area contributed by atoms with Crippen molar-refractivity contribution in [2.24, 2.45) is 4.99 Å². The molecule has 0 spiro atoms. The average molecular weight is 334 g/mol. The second-order valence-electron chi connectivity index (χ2n) is 7.15. The fourth-order valence-electron chi connectivity index (χ4n) is 2.45. The molecule has 1 saturated heterocycles. The van der Waals surface area contributed by atoms with Crippen LogP contribution in [0.3, 0.4) is 0 Å². The quantitative estimate of drug-likeness (QED) is 0.790. The molecule has 24 heavy (non-hydrogen) atoms. The van der Waals surface area contributed by atoms with Crippen LogP contribution in [0.25, 0.3) is 0 Å². The van der Waals surface area contributed by atoms with Crippen molar-refractivity contribution in [1.29, 1.82) is 0 Å². The van der Waals surface area contributed by atoms with Crippen LogP contribution in [0, 0.1) is 0 Å². The monoisotopic (exact) mass is 334 g/mol. The lowest BCUT2D eigenvalue weighted by Crippen LogP contribution is -2.50. The molecule has 1 aliphatic rings. The zero-order valence-electron chi connectivity index (χ0n) is 15.2. The van der Waals surface area contributed by atoms with Crippen LogP contribution in [-0.2, 0) is 9.47 Å². The number of methoxy groups -OCH3 is 1. The molecule has 0 saturated carbocycles. The summed E-state index contributed by atoms with van der Waals surface area (Å²) in [6.07, 6.45) is 1.32. The van der Waals surface area contributed by atoms with E-state index in [1.54, 1.807) is 18.2 Å². The number of carbonyl (C=O) groups excluding carboxylic acids is 1. The first-order chi connectivity index (χ1) is 11.1. The summed E-state index contributed by atoms with van der Waals surface area (Å²) in [5.41, 5.74) is -0.517. The second-order valence-corrected chi connectivity index (χ2v) is 7.15. The van der Waals surface area contributed by atoms with Gasteiger partial charge in [-0.2, -0.15) is 0 Å². The van der Waals surface area contributed by atoms with Gasteiger partial charge in [-0.1, -0.05) is 0 Å². The standard InChI is InChI=1S/C18H26N2O4/c1-17(2,3)24-16(21)20-14(12-23-18(20,4)5)11-19-13-7-9-15(22-6)10-8-13/h7-11,14H,12H2,1-6H3/t14-/m0/s1. The van der Waals surface area contributed by atoms with Gasteiger partial charge >= 0.3 is 6.09 Å². The number of ether oxygens (including phenoxy) is 3. The summed E-state index contributed by atoms with van der Waals surface area (Å²) in [5.74, 6) is 0.773. The van der Waals surface area contributed by atoms with Crippen molar-refractivity contribution in [1.82, 2.24) is 4.90 Å². The van der Waals surface area contributed by atoms with Crippen molar-refractivity contribution in [3.8, 4) is 5.75 Å². The zero-order valence-corrected chi connectivity index (χ0v) is 15.2. The summed E-state index contributed by atoms with van der Waals surface area (Å²) < 4.78 is 16.4. The number of hydrogen-bond donors (Lipinski definition) is 0. The number of carbonyl (C=O) groups is 1. The first kappa shape index (κ1) is 18.3. The molecule has 1 amide bonds. The van der Waals surface area contributed by atoms with Gasteiger partial charge < -0.3 is 14.2 Å². The van der Waals surface area contributed by atoms with Crippen LogP contribution in [0.4, 0.5) is 10.5 Å². The molecule has 0 N–H and O–H groups in total. The van der Waals surface area contributed by atoms with E-state index in [1.165, 1.54) is 0 Å². The molecule has 1 heterocycles. The number of benzene rings is 1. The van der Waals surface area contributed by atoms with Gasteiger partial charge in [0.2, 0.25) is 0 Å². The zero-order chi connectivity index (χ0) is 18.0. The third-order valence-corrected chi connectivity index (χ3v) is 3.58. The summed E-state index contributed by atoms with van der Waals surface area (Å²) >= 11 is 0. The Balaban J connectivity index is 2.15. The smallest absolute Gasteiger partial charge is 0.413 e. The summed E-state index contributed by atoms with van der Waals surface area (Å²) in [7, 11) is 1.62. The third-order valence-electron chi connectivity index (χ3n) is 3.58. The van der Waals surface area contributed by atoms with E-state index in [0.29, 0.717) is 6.61 Å². The molecule has 1 aliphatic heterocycles. The number of rotatable bonds is 3. The molecule has 6 nitrogen and oxygen atoms in total. The highest BCUT2D eigenvalue weighted by Crippen LogP contribution is 2.29. The van der Waals surface area contributed by atoms with Crippen LogP contribution < -0.4 is 4.74 Å². The van der Waals surface area contributed by atoms with Crippen molar-refractivity contribution < 1.29 is 19.0 Å². The molecule has 0 aliphatic carbocycles. The lowest BCUT2D eigenvalue weighted by molar-refractivity contribution is -0.0604. The highest BCUT2D eigenvalue weighted by atomic mass is 16.6. The van der Waals surface area contributed by atoms with Gasteiger partial charge in [-0.3, -0.25) is 9.89 Å². The minimum atomic E-state index is -0.737.